The summed E-state index contributed by atoms with van der Waals surface area (Å²) in [5.41, 5.74) is 8.88. The minimum absolute atomic E-state index is 0.173. The molecule has 4 aromatic carbocycles. The molecule has 240 valence electrons. The van der Waals surface area contributed by atoms with Gasteiger partial charge in [-0.05, 0) is 73.7 Å². The standard InChI is InChI=1S/C43H42N4S/c1-27-11-8-15-30(29-20-21-37-35(23-29)31-13-4-6-18-36(31)45-37)40(27)46-43(2)22-10-12-28(24-43)25-44-41(38-26-47(38)3)34-17-9-16-33-32-14-5-7-19-39(32)48-42(33)34/h4-10,12-21,23-24,27,38,41,44-46H,11,22,25-26H2,1-3H3. The first-order chi connectivity index (χ1) is 23.4. The van der Waals surface area contributed by atoms with Gasteiger partial charge in [-0.25, -0.2) is 0 Å². The van der Waals surface area contributed by atoms with Crippen molar-refractivity contribution in [3.05, 3.63) is 138 Å². The van der Waals surface area contributed by atoms with Gasteiger partial charge in [0.1, 0.15) is 0 Å². The molecule has 0 amide bonds. The van der Waals surface area contributed by atoms with Crippen LogP contribution < -0.4 is 10.6 Å². The Morgan fingerprint density at radius 1 is 0.896 bits per heavy atom. The molecule has 5 atom stereocenters. The molecule has 0 spiro atoms. The number of aromatic amines is 1. The number of rotatable bonds is 8. The SMILES string of the molecule is CC1CC=CC(c2ccc3[nH]c4ccccc4c3c2)=C1NC1(C)C=C(CNC(c2cccc3c2sc2ccccc23)C2CN2C)C=CC1. The minimum atomic E-state index is -0.173. The number of hydrogen-bond acceptors (Lipinski definition) is 4. The van der Waals surface area contributed by atoms with Crippen molar-refractivity contribution in [2.75, 3.05) is 20.1 Å². The largest absolute Gasteiger partial charge is 0.379 e. The van der Waals surface area contributed by atoms with E-state index in [1.54, 1.807) is 0 Å². The topological polar surface area (TPSA) is 42.9 Å². The number of thiophene rings is 1. The number of fused-ring (bicyclic) bond motifs is 6. The molecule has 2 aliphatic carbocycles. The Kier molecular flexibility index (Phi) is 7.19. The van der Waals surface area contributed by atoms with E-state index in [2.05, 4.69) is 157 Å². The molecule has 0 bridgehead atoms. The van der Waals surface area contributed by atoms with E-state index in [4.69, 9.17) is 0 Å². The van der Waals surface area contributed by atoms with Gasteiger partial charge in [-0.15, -0.1) is 11.3 Å². The Balaban J connectivity index is 1.01. The molecule has 1 saturated heterocycles. The van der Waals surface area contributed by atoms with Crippen LogP contribution in [0.15, 0.2) is 127 Å². The lowest BCUT2D eigenvalue weighted by Gasteiger charge is -2.36. The van der Waals surface area contributed by atoms with Gasteiger partial charge in [0.2, 0.25) is 0 Å². The Bertz CT molecular complexity index is 2330. The predicted molar refractivity (Wildman–Crippen MR) is 206 cm³/mol. The highest BCUT2D eigenvalue weighted by Gasteiger charge is 2.39. The Labute approximate surface area is 286 Å². The van der Waals surface area contributed by atoms with E-state index in [1.165, 1.54) is 69.9 Å². The van der Waals surface area contributed by atoms with Gasteiger partial charge in [-0.1, -0.05) is 98.0 Å². The van der Waals surface area contributed by atoms with Crippen LogP contribution in [-0.2, 0) is 0 Å². The molecular formula is C43H42N4S. The van der Waals surface area contributed by atoms with Crippen molar-refractivity contribution in [3.8, 4) is 0 Å². The maximum atomic E-state index is 4.10. The van der Waals surface area contributed by atoms with Crippen molar-refractivity contribution < 1.29 is 0 Å². The molecular weight excluding hydrogens is 605 g/mol. The lowest BCUT2D eigenvalue weighted by molar-refractivity contribution is 0.441. The maximum Gasteiger partial charge on any atom is 0.0566 e. The lowest BCUT2D eigenvalue weighted by atomic mass is 9.84. The van der Waals surface area contributed by atoms with Crippen LogP contribution in [0, 0.1) is 5.92 Å². The second-order valence-electron chi connectivity index (χ2n) is 14.4. The zero-order valence-corrected chi connectivity index (χ0v) is 28.7. The van der Waals surface area contributed by atoms with E-state index in [-0.39, 0.29) is 11.6 Å². The quantitative estimate of drug-likeness (QED) is 0.144. The van der Waals surface area contributed by atoms with E-state index < -0.39 is 0 Å². The molecule has 9 rings (SSSR count). The molecule has 1 fully saturated rings. The molecule has 0 radical (unpaired) electrons. The molecule has 3 N–H and O–H groups in total. The van der Waals surface area contributed by atoms with Crippen LogP contribution in [0.5, 0.6) is 0 Å². The van der Waals surface area contributed by atoms with Crippen LogP contribution in [0.3, 0.4) is 0 Å². The van der Waals surface area contributed by atoms with Gasteiger partial charge in [-0.2, -0.15) is 0 Å². The summed E-state index contributed by atoms with van der Waals surface area (Å²) in [7, 11) is 2.24. The van der Waals surface area contributed by atoms with Crippen molar-refractivity contribution in [3.63, 3.8) is 0 Å². The van der Waals surface area contributed by atoms with Gasteiger partial charge in [-0.3, -0.25) is 4.90 Å². The molecule has 2 aromatic heterocycles. The maximum absolute atomic E-state index is 4.10. The molecule has 1 aliphatic heterocycles. The summed E-state index contributed by atoms with van der Waals surface area (Å²) in [6, 6.07) is 32.0. The van der Waals surface area contributed by atoms with Gasteiger partial charge in [0, 0.05) is 72.4 Å². The van der Waals surface area contributed by atoms with E-state index >= 15 is 0 Å². The van der Waals surface area contributed by atoms with Crippen LogP contribution in [0.2, 0.25) is 0 Å². The summed E-state index contributed by atoms with van der Waals surface area (Å²) in [5, 5.41) is 13.4. The third-order valence-corrected chi connectivity index (χ3v) is 12.0. The molecule has 5 unspecified atom stereocenters. The number of nitrogens with zero attached hydrogens (tertiary/aromatic N) is 1. The fourth-order valence-electron chi connectivity index (χ4n) is 8.10. The number of benzene rings is 4. The predicted octanol–water partition coefficient (Wildman–Crippen LogP) is 9.88. The number of para-hydroxylation sites is 1. The number of likely N-dealkylation sites (N-methyl/N-ethyl adjacent to an activating group) is 1. The Morgan fingerprint density at radius 2 is 1.69 bits per heavy atom. The van der Waals surface area contributed by atoms with Gasteiger partial charge >= 0.3 is 0 Å². The average molecular weight is 647 g/mol. The van der Waals surface area contributed by atoms with Gasteiger partial charge in [0.25, 0.3) is 0 Å². The number of nitrogens with one attached hydrogen (secondary N) is 3. The lowest BCUT2D eigenvalue weighted by Crippen LogP contribution is -2.43. The second-order valence-corrected chi connectivity index (χ2v) is 15.4. The minimum Gasteiger partial charge on any atom is -0.379 e. The summed E-state index contributed by atoms with van der Waals surface area (Å²) >= 11 is 1.93. The highest BCUT2D eigenvalue weighted by Crippen LogP contribution is 2.41. The molecule has 3 heterocycles. The number of hydrogen-bond donors (Lipinski definition) is 3. The molecule has 0 saturated carbocycles. The summed E-state index contributed by atoms with van der Waals surface area (Å²) < 4.78 is 2.78. The fourth-order valence-corrected chi connectivity index (χ4v) is 9.36. The van der Waals surface area contributed by atoms with Crippen LogP contribution >= 0.6 is 11.3 Å². The molecule has 6 aromatic rings. The third kappa shape index (κ3) is 5.22. The number of aromatic nitrogens is 1. The zero-order chi connectivity index (χ0) is 32.4. The summed E-state index contributed by atoms with van der Waals surface area (Å²) in [5.74, 6) is 0.415. The monoisotopic (exact) mass is 646 g/mol. The highest BCUT2D eigenvalue weighted by molar-refractivity contribution is 7.26. The summed E-state index contributed by atoms with van der Waals surface area (Å²) in [6.45, 7) is 6.68. The van der Waals surface area contributed by atoms with Gasteiger partial charge < -0.3 is 15.6 Å². The summed E-state index contributed by atoms with van der Waals surface area (Å²) in [4.78, 5) is 6.05. The van der Waals surface area contributed by atoms with Gasteiger partial charge in [0.05, 0.1) is 11.6 Å². The van der Waals surface area contributed by atoms with Crippen molar-refractivity contribution in [2.24, 2.45) is 5.92 Å². The van der Waals surface area contributed by atoms with E-state index in [0.29, 0.717) is 12.0 Å². The molecule has 48 heavy (non-hydrogen) atoms. The first-order valence-electron chi connectivity index (χ1n) is 17.4. The molecule has 5 heteroatoms. The zero-order valence-electron chi connectivity index (χ0n) is 27.9. The highest BCUT2D eigenvalue weighted by atomic mass is 32.1. The molecule has 4 nitrogen and oxygen atoms in total. The van der Waals surface area contributed by atoms with E-state index in [0.717, 1.165) is 25.9 Å². The van der Waals surface area contributed by atoms with Crippen LogP contribution in [0.25, 0.3) is 47.6 Å². The smallest absolute Gasteiger partial charge is 0.0566 e. The molecule has 3 aliphatic rings. The number of allylic oxidation sites excluding steroid dienone is 4. The van der Waals surface area contributed by atoms with Crippen LogP contribution in [0.4, 0.5) is 0 Å². The third-order valence-electron chi connectivity index (χ3n) is 10.8. The fraction of sp³-hybridized carbons (Fsp3) is 0.256. The first-order valence-corrected chi connectivity index (χ1v) is 18.2. The number of H-pyrrole nitrogens is 1. The van der Waals surface area contributed by atoms with Crippen LogP contribution in [-0.4, -0.2) is 41.6 Å². The summed E-state index contributed by atoms with van der Waals surface area (Å²) in [6.07, 6.45) is 13.8. The van der Waals surface area contributed by atoms with Crippen molar-refractivity contribution in [1.82, 2.24) is 20.5 Å². The second kappa shape index (κ2) is 11.6. The first kappa shape index (κ1) is 29.7. The Hall–Kier alpha value is -4.42. The van der Waals surface area contributed by atoms with E-state index in [9.17, 15) is 0 Å². The Morgan fingerprint density at radius 3 is 2.56 bits per heavy atom. The van der Waals surface area contributed by atoms with Crippen molar-refractivity contribution in [2.45, 2.75) is 44.3 Å². The average Bonchev–Trinajstić information content (AvgIpc) is 3.52. The van der Waals surface area contributed by atoms with Crippen molar-refractivity contribution in [1.29, 1.82) is 0 Å². The van der Waals surface area contributed by atoms with Crippen LogP contribution in [0.1, 0.15) is 43.9 Å². The van der Waals surface area contributed by atoms with Gasteiger partial charge in [0.15, 0.2) is 0 Å². The van der Waals surface area contributed by atoms with Crippen molar-refractivity contribution >= 4 is 58.9 Å². The normalized spacial score (nSPS) is 24.6. The van der Waals surface area contributed by atoms with E-state index in [1.807, 2.05) is 11.3 Å².